The van der Waals surface area contributed by atoms with Crippen LogP contribution in [0.25, 0.3) is 5.52 Å². The van der Waals surface area contributed by atoms with Crippen molar-refractivity contribution in [2.45, 2.75) is 39.5 Å². The third-order valence-electron chi connectivity index (χ3n) is 5.43. The fourth-order valence-electron chi connectivity index (χ4n) is 3.72. The Labute approximate surface area is 160 Å². The molecule has 0 unspecified atom stereocenters. The Kier molecular flexibility index (Phi) is 6.04. The Morgan fingerprint density at radius 2 is 2.00 bits per heavy atom. The van der Waals surface area contributed by atoms with Crippen LogP contribution in [-0.2, 0) is 14.8 Å². The van der Waals surface area contributed by atoms with Gasteiger partial charge in [0.15, 0.2) is 0 Å². The number of nitrogens with one attached hydrogen (secondary N) is 2. The van der Waals surface area contributed by atoms with Crippen molar-refractivity contribution in [3.63, 3.8) is 0 Å². The van der Waals surface area contributed by atoms with E-state index >= 15 is 0 Å². The first-order chi connectivity index (χ1) is 12.8. The predicted octanol–water partition coefficient (Wildman–Crippen LogP) is 2.65. The summed E-state index contributed by atoms with van der Waals surface area (Å²) in [7, 11) is -3.53. The van der Waals surface area contributed by atoms with Crippen LogP contribution in [0.3, 0.4) is 0 Å². The molecule has 1 saturated carbocycles. The number of pyridine rings is 1. The standard InChI is InChI=1S/C19H28N4O3S/c1-14(2)15-3-5-16(6-4-15)19(24)20-10-12-27(25,26)22-17-8-11-23-18(13-17)7-9-21-23/h7-9,11,13-16,22H,3-6,10,12H2,1-2H3,(H,20,24). The maximum Gasteiger partial charge on any atom is 0.234 e. The lowest BCUT2D eigenvalue weighted by molar-refractivity contribution is -0.126. The number of carbonyl (C=O) groups is 1. The number of sulfonamides is 1. The number of aromatic nitrogens is 2. The molecule has 0 atom stereocenters. The molecule has 8 heteroatoms. The van der Waals surface area contributed by atoms with E-state index in [1.165, 1.54) is 0 Å². The van der Waals surface area contributed by atoms with Gasteiger partial charge in [-0.25, -0.2) is 12.9 Å². The Hall–Kier alpha value is -2.09. The first kappa shape index (κ1) is 19.7. The summed E-state index contributed by atoms with van der Waals surface area (Å²) >= 11 is 0. The lowest BCUT2D eigenvalue weighted by Crippen LogP contribution is -2.37. The van der Waals surface area contributed by atoms with E-state index in [1.807, 2.05) is 0 Å². The molecule has 0 aromatic carbocycles. The molecule has 27 heavy (non-hydrogen) atoms. The van der Waals surface area contributed by atoms with E-state index in [0.29, 0.717) is 17.5 Å². The van der Waals surface area contributed by atoms with Gasteiger partial charge < -0.3 is 5.32 Å². The van der Waals surface area contributed by atoms with Gasteiger partial charge in [-0.05, 0) is 55.7 Å². The number of anilines is 1. The van der Waals surface area contributed by atoms with Gasteiger partial charge in [0, 0.05) is 24.9 Å². The minimum atomic E-state index is -3.53. The molecular formula is C19H28N4O3S. The average molecular weight is 393 g/mol. The molecule has 0 spiro atoms. The van der Waals surface area contributed by atoms with E-state index in [2.05, 4.69) is 29.0 Å². The Balaban J connectivity index is 1.45. The second-order valence-corrected chi connectivity index (χ2v) is 9.53. The van der Waals surface area contributed by atoms with Crippen LogP contribution in [0.2, 0.25) is 0 Å². The summed E-state index contributed by atoms with van der Waals surface area (Å²) in [5, 5.41) is 6.87. The van der Waals surface area contributed by atoms with Gasteiger partial charge in [-0.1, -0.05) is 13.8 Å². The zero-order valence-corrected chi connectivity index (χ0v) is 16.7. The van der Waals surface area contributed by atoms with Gasteiger partial charge >= 0.3 is 0 Å². The fourth-order valence-corrected chi connectivity index (χ4v) is 4.68. The average Bonchev–Trinajstić information content (AvgIpc) is 3.09. The van der Waals surface area contributed by atoms with Crippen LogP contribution in [-0.4, -0.2) is 36.2 Å². The third-order valence-corrected chi connectivity index (χ3v) is 6.72. The van der Waals surface area contributed by atoms with Crippen LogP contribution in [0.4, 0.5) is 5.69 Å². The summed E-state index contributed by atoms with van der Waals surface area (Å²) in [6, 6.07) is 5.17. The number of hydrogen-bond donors (Lipinski definition) is 2. The highest BCUT2D eigenvalue weighted by Gasteiger charge is 2.27. The predicted molar refractivity (Wildman–Crippen MR) is 106 cm³/mol. The zero-order valence-electron chi connectivity index (χ0n) is 15.9. The lowest BCUT2D eigenvalue weighted by atomic mass is 9.77. The quantitative estimate of drug-likeness (QED) is 0.758. The van der Waals surface area contributed by atoms with E-state index in [0.717, 1.165) is 31.2 Å². The molecule has 2 N–H and O–H groups in total. The zero-order chi connectivity index (χ0) is 19.4. The Bertz CT molecular complexity index is 883. The molecule has 1 aliphatic rings. The first-order valence-corrected chi connectivity index (χ1v) is 11.2. The molecule has 2 aromatic rings. The minimum absolute atomic E-state index is 0.0138. The van der Waals surface area contributed by atoms with Crippen molar-refractivity contribution in [3.8, 4) is 0 Å². The van der Waals surface area contributed by atoms with Gasteiger partial charge in [-0.2, -0.15) is 5.10 Å². The van der Waals surface area contributed by atoms with Crippen molar-refractivity contribution < 1.29 is 13.2 Å². The summed E-state index contributed by atoms with van der Waals surface area (Å²) in [5.74, 6) is 1.21. The van der Waals surface area contributed by atoms with Gasteiger partial charge in [0.1, 0.15) is 0 Å². The molecule has 0 aliphatic heterocycles. The molecule has 148 valence electrons. The van der Waals surface area contributed by atoms with Crippen molar-refractivity contribution in [1.82, 2.24) is 14.9 Å². The topological polar surface area (TPSA) is 92.6 Å². The number of rotatable bonds is 7. The molecule has 0 bridgehead atoms. The van der Waals surface area contributed by atoms with E-state index in [1.54, 1.807) is 35.1 Å². The monoisotopic (exact) mass is 392 g/mol. The first-order valence-electron chi connectivity index (χ1n) is 9.55. The van der Waals surface area contributed by atoms with Crippen LogP contribution in [0, 0.1) is 17.8 Å². The number of fused-ring (bicyclic) bond motifs is 1. The molecule has 7 nitrogen and oxygen atoms in total. The number of carbonyl (C=O) groups excluding carboxylic acids is 1. The number of nitrogens with zero attached hydrogens (tertiary/aromatic N) is 2. The van der Waals surface area contributed by atoms with E-state index in [9.17, 15) is 13.2 Å². The molecule has 1 fully saturated rings. The number of amides is 1. The molecule has 0 saturated heterocycles. The largest absolute Gasteiger partial charge is 0.355 e. The molecule has 2 heterocycles. The minimum Gasteiger partial charge on any atom is -0.355 e. The Morgan fingerprint density at radius 1 is 1.26 bits per heavy atom. The van der Waals surface area contributed by atoms with Gasteiger partial charge in [0.05, 0.1) is 17.0 Å². The van der Waals surface area contributed by atoms with Crippen LogP contribution in [0.15, 0.2) is 30.6 Å². The van der Waals surface area contributed by atoms with Gasteiger partial charge in [-0.3, -0.25) is 9.52 Å². The highest BCUT2D eigenvalue weighted by molar-refractivity contribution is 7.92. The molecule has 3 rings (SSSR count). The highest BCUT2D eigenvalue weighted by Crippen LogP contribution is 2.33. The van der Waals surface area contributed by atoms with E-state index < -0.39 is 10.0 Å². The summed E-state index contributed by atoms with van der Waals surface area (Å²) in [4.78, 5) is 12.3. The van der Waals surface area contributed by atoms with Gasteiger partial charge in [0.25, 0.3) is 0 Å². The van der Waals surface area contributed by atoms with Gasteiger partial charge in [-0.15, -0.1) is 0 Å². The highest BCUT2D eigenvalue weighted by atomic mass is 32.2. The second-order valence-electron chi connectivity index (χ2n) is 7.68. The van der Waals surface area contributed by atoms with Crippen molar-refractivity contribution >= 4 is 27.1 Å². The molecule has 2 aromatic heterocycles. The number of hydrogen-bond acceptors (Lipinski definition) is 4. The maximum absolute atomic E-state index is 12.3. The SMILES string of the molecule is CC(C)C1CCC(C(=O)NCCS(=O)(=O)Nc2ccn3nccc3c2)CC1. The van der Waals surface area contributed by atoms with Crippen molar-refractivity contribution in [2.75, 3.05) is 17.0 Å². The van der Waals surface area contributed by atoms with E-state index in [-0.39, 0.29) is 24.1 Å². The van der Waals surface area contributed by atoms with Gasteiger partial charge in [0.2, 0.25) is 15.9 Å². The normalized spacial score (nSPS) is 20.7. The summed E-state index contributed by atoms with van der Waals surface area (Å²) in [5.41, 5.74) is 1.29. The smallest absolute Gasteiger partial charge is 0.234 e. The lowest BCUT2D eigenvalue weighted by Gasteiger charge is -2.30. The maximum atomic E-state index is 12.3. The van der Waals surface area contributed by atoms with E-state index in [4.69, 9.17) is 0 Å². The molecule has 0 radical (unpaired) electrons. The molecular weight excluding hydrogens is 364 g/mol. The van der Waals surface area contributed by atoms with Crippen LogP contribution >= 0.6 is 0 Å². The molecule has 1 aliphatic carbocycles. The molecule has 1 amide bonds. The Morgan fingerprint density at radius 3 is 2.70 bits per heavy atom. The third kappa shape index (κ3) is 5.22. The van der Waals surface area contributed by atoms with Crippen LogP contribution in [0.5, 0.6) is 0 Å². The van der Waals surface area contributed by atoms with Crippen LogP contribution < -0.4 is 10.0 Å². The van der Waals surface area contributed by atoms with Crippen molar-refractivity contribution in [2.24, 2.45) is 17.8 Å². The van der Waals surface area contributed by atoms with Crippen molar-refractivity contribution in [3.05, 3.63) is 30.6 Å². The summed E-state index contributed by atoms with van der Waals surface area (Å²) in [6.07, 6.45) is 7.29. The summed E-state index contributed by atoms with van der Waals surface area (Å²) in [6.45, 7) is 4.58. The fraction of sp³-hybridized carbons (Fsp3) is 0.579. The summed E-state index contributed by atoms with van der Waals surface area (Å²) < 4.78 is 28.7. The van der Waals surface area contributed by atoms with Crippen LogP contribution in [0.1, 0.15) is 39.5 Å². The second kappa shape index (κ2) is 8.29. The van der Waals surface area contributed by atoms with Crippen molar-refractivity contribution in [1.29, 1.82) is 0 Å².